The van der Waals surface area contributed by atoms with Gasteiger partial charge in [-0.1, -0.05) is 12.8 Å². The molecular formula is C11H20N4O2S. The first-order valence-electron chi connectivity index (χ1n) is 6.07. The van der Waals surface area contributed by atoms with E-state index < -0.39 is 0 Å². The molecule has 0 unspecified atom stereocenters. The van der Waals surface area contributed by atoms with Crippen LogP contribution in [0.2, 0.25) is 0 Å². The minimum atomic E-state index is -0.356. The molecule has 1 heterocycles. The molecule has 0 aliphatic heterocycles. The topological polar surface area (TPSA) is 85.3 Å². The Morgan fingerprint density at radius 1 is 1.33 bits per heavy atom. The number of unbranched alkanes of at least 4 members (excludes halogenated alkanes) is 3. The lowest BCUT2D eigenvalue weighted by molar-refractivity contribution is -0.379. The van der Waals surface area contributed by atoms with Crippen LogP contribution < -0.4 is 10.6 Å². The number of anilines is 1. The molecule has 18 heavy (non-hydrogen) atoms. The Kier molecular flexibility index (Phi) is 6.00. The molecule has 0 saturated carbocycles. The molecule has 0 atom stereocenters. The van der Waals surface area contributed by atoms with E-state index in [1.54, 1.807) is 19.0 Å². The number of rotatable bonds is 8. The highest BCUT2D eigenvalue weighted by Crippen LogP contribution is 2.33. The van der Waals surface area contributed by atoms with Crippen molar-refractivity contribution in [3.8, 4) is 0 Å². The standard InChI is InChI=1S/C11H20N4O2S/c1-14(2)10-11(15(16)17)18-9(13-10)7-5-3-4-6-8-12/h3-8,12H2,1-2H3. The van der Waals surface area contributed by atoms with Gasteiger partial charge in [0.2, 0.25) is 5.82 Å². The highest BCUT2D eigenvalue weighted by molar-refractivity contribution is 7.15. The van der Waals surface area contributed by atoms with Gasteiger partial charge in [0.15, 0.2) is 0 Å². The summed E-state index contributed by atoms with van der Waals surface area (Å²) in [6.07, 6.45) is 5.08. The van der Waals surface area contributed by atoms with Crippen molar-refractivity contribution >= 4 is 22.2 Å². The normalized spacial score (nSPS) is 10.6. The lowest BCUT2D eigenvalue weighted by Gasteiger charge is -2.06. The van der Waals surface area contributed by atoms with Crippen LogP contribution in [0.5, 0.6) is 0 Å². The molecule has 0 aliphatic rings. The van der Waals surface area contributed by atoms with Gasteiger partial charge in [0.25, 0.3) is 0 Å². The van der Waals surface area contributed by atoms with Gasteiger partial charge in [-0.2, -0.15) is 0 Å². The SMILES string of the molecule is CN(C)c1nc(CCCCCCN)sc1[N+](=O)[O-]. The minimum absolute atomic E-state index is 0.136. The summed E-state index contributed by atoms with van der Waals surface area (Å²) in [5.74, 6) is 0.460. The van der Waals surface area contributed by atoms with Crippen molar-refractivity contribution in [3.63, 3.8) is 0 Å². The highest BCUT2D eigenvalue weighted by atomic mass is 32.1. The van der Waals surface area contributed by atoms with Gasteiger partial charge in [0.1, 0.15) is 5.01 Å². The predicted molar refractivity (Wildman–Crippen MR) is 74.3 cm³/mol. The van der Waals surface area contributed by atoms with Crippen LogP contribution in [0, 0.1) is 10.1 Å². The van der Waals surface area contributed by atoms with E-state index in [4.69, 9.17) is 5.73 Å². The minimum Gasteiger partial charge on any atom is -0.356 e. The Balaban J connectivity index is 2.56. The zero-order chi connectivity index (χ0) is 13.5. The summed E-state index contributed by atoms with van der Waals surface area (Å²) in [6.45, 7) is 0.730. The zero-order valence-electron chi connectivity index (χ0n) is 10.9. The largest absolute Gasteiger partial charge is 0.368 e. The lowest BCUT2D eigenvalue weighted by atomic mass is 10.1. The maximum atomic E-state index is 10.9. The monoisotopic (exact) mass is 272 g/mol. The zero-order valence-corrected chi connectivity index (χ0v) is 11.7. The van der Waals surface area contributed by atoms with Crippen molar-refractivity contribution in [1.29, 1.82) is 0 Å². The molecule has 0 radical (unpaired) electrons. The number of aryl methyl sites for hydroxylation is 1. The predicted octanol–water partition coefficient (Wildman–Crippen LogP) is 2.18. The molecule has 0 bridgehead atoms. The number of nitro groups is 1. The molecule has 0 saturated heterocycles. The molecule has 102 valence electrons. The molecule has 1 rings (SSSR count). The van der Waals surface area contributed by atoms with Crippen LogP contribution in [0.15, 0.2) is 0 Å². The second-order valence-electron chi connectivity index (χ2n) is 4.34. The van der Waals surface area contributed by atoms with Gasteiger partial charge in [0, 0.05) is 14.1 Å². The average Bonchev–Trinajstić information content (AvgIpc) is 2.73. The first-order valence-corrected chi connectivity index (χ1v) is 6.89. The van der Waals surface area contributed by atoms with Crippen molar-refractivity contribution in [1.82, 2.24) is 4.98 Å². The summed E-state index contributed by atoms with van der Waals surface area (Å²) in [4.78, 5) is 16.5. The summed E-state index contributed by atoms with van der Waals surface area (Å²) in [5.41, 5.74) is 5.42. The van der Waals surface area contributed by atoms with Crippen LogP contribution in [0.4, 0.5) is 10.8 Å². The lowest BCUT2D eigenvalue weighted by Crippen LogP contribution is -2.10. The third-order valence-corrected chi connectivity index (χ3v) is 3.63. The summed E-state index contributed by atoms with van der Waals surface area (Å²) in [7, 11) is 3.54. The van der Waals surface area contributed by atoms with E-state index in [0.29, 0.717) is 5.82 Å². The van der Waals surface area contributed by atoms with Crippen LogP contribution >= 0.6 is 11.3 Å². The number of nitrogens with zero attached hydrogens (tertiary/aromatic N) is 3. The Morgan fingerprint density at radius 2 is 2.00 bits per heavy atom. The fourth-order valence-electron chi connectivity index (χ4n) is 1.64. The third kappa shape index (κ3) is 4.23. The van der Waals surface area contributed by atoms with Crippen molar-refractivity contribution in [2.24, 2.45) is 5.73 Å². The first kappa shape index (κ1) is 14.8. The molecule has 1 aromatic heterocycles. The highest BCUT2D eigenvalue weighted by Gasteiger charge is 2.22. The van der Waals surface area contributed by atoms with Gasteiger partial charge in [0.05, 0.1) is 4.92 Å². The van der Waals surface area contributed by atoms with Crippen molar-refractivity contribution in [3.05, 3.63) is 15.1 Å². The summed E-state index contributed by atoms with van der Waals surface area (Å²) >= 11 is 1.18. The average molecular weight is 272 g/mol. The van der Waals surface area contributed by atoms with Gasteiger partial charge >= 0.3 is 5.00 Å². The fourth-order valence-corrected chi connectivity index (χ4v) is 2.63. The molecule has 0 aliphatic carbocycles. The summed E-state index contributed by atoms with van der Waals surface area (Å²) in [6, 6.07) is 0. The number of nitrogens with two attached hydrogens (primary N) is 1. The summed E-state index contributed by atoms with van der Waals surface area (Å²) in [5, 5.41) is 11.9. The maximum Gasteiger partial charge on any atom is 0.368 e. The second-order valence-corrected chi connectivity index (χ2v) is 5.40. The smallest absolute Gasteiger partial charge is 0.356 e. The van der Waals surface area contributed by atoms with E-state index in [2.05, 4.69) is 4.98 Å². The van der Waals surface area contributed by atoms with Crippen LogP contribution in [0.3, 0.4) is 0 Å². The van der Waals surface area contributed by atoms with E-state index in [9.17, 15) is 10.1 Å². The first-order chi connectivity index (χ1) is 8.56. The number of aromatic nitrogens is 1. The van der Waals surface area contributed by atoms with E-state index in [-0.39, 0.29) is 9.92 Å². The van der Waals surface area contributed by atoms with Crippen LogP contribution in [0.25, 0.3) is 0 Å². The van der Waals surface area contributed by atoms with E-state index in [1.807, 2.05) is 0 Å². The molecule has 0 fully saturated rings. The Morgan fingerprint density at radius 3 is 2.50 bits per heavy atom. The molecule has 1 aromatic rings. The van der Waals surface area contributed by atoms with Gasteiger partial charge in [-0.3, -0.25) is 10.1 Å². The van der Waals surface area contributed by atoms with Crippen LogP contribution in [-0.4, -0.2) is 30.5 Å². The van der Waals surface area contributed by atoms with Crippen molar-refractivity contribution in [2.75, 3.05) is 25.5 Å². The number of hydrogen-bond acceptors (Lipinski definition) is 6. The molecular weight excluding hydrogens is 252 g/mol. The summed E-state index contributed by atoms with van der Waals surface area (Å²) < 4.78 is 0. The Labute approximate surface area is 111 Å². The molecule has 7 heteroatoms. The maximum absolute atomic E-state index is 10.9. The Bertz CT molecular complexity index is 392. The third-order valence-electron chi connectivity index (χ3n) is 2.57. The molecule has 6 nitrogen and oxygen atoms in total. The van der Waals surface area contributed by atoms with E-state index >= 15 is 0 Å². The fraction of sp³-hybridized carbons (Fsp3) is 0.727. The molecule has 0 spiro atoms. The van der Waals surface area contributed by atoms with E-state index in [1.165, 1.54) is 11.3 Å². The van der Waals surface area contributed by atoms with Crippen molar-refractivity contribution < 1.29 is 4.92 Å². The van der Waals surface area contributed by atoms with Gasteiger partial charge in [-0.05, 0) is 37.1 Å². The van der Waals surface area contributed by atoms with Crippen molar-refractivity contribution in [2.45, 2.75) is 32.1 Å². The van der Waals surface area contributed by atoms with Crippen LogP contribution in [0.1, 0.15) is 30.7 Å². The number of hydrogen-bond donors (Lipinski definition) is 1. The van der Waals surface area contributed by atoms with Gasteiger partial charge in [-0.25, -0.2) is 4.98 Å². The Hall–Kier alpha value is -1.21. The van der Waals surface area contributed by atoms with Gasteiger partial charge in [-0.15, -0.1) is 0 Å². The van der Waals surface area contributed by atoms with Gasteiger partial charge < -0.3 is 10.6 Å². The second kappa shape index (κ2) is 7.27. The quantitative estimate of drug-likeness (QED) is 0.445. The molecule has 2 N–H and O–H groups in total. The van der Waals surface area contributed by atoms with E-state index in [0.717, 1.165) is 43.7 Å². The van der Waals surface area contributed by atoms with Crippen LogP contribution in [-0.2, 0) is 6.42 Å². The molecule has 0 amide bonds. The molecule has 0 aromatic carbocycles. The number of thiazole rings is 1.